The summed E-state index contributed by atoms with van der Waals surface area (Å²) in [4.78, 5) is 0. The van der Waals surface area contributed by atoms with E-state index >= 15 is 0 Å². The molecule has 0 saturated heterocycles. The van der Waals surface area contributed by atoms with Crippen LogP contribution < -0.4 is 0 Å². The van der Waals surface area contributed by atoms with Gasteiger partial charge in [0.25, 0.3) is 0 Å². The summed E-state index contributed by atoms with van der Waals surface area (Å²) >= 11 is 0. The van der Waals surface area contributed by atoms with E-state index in [0.29, 0.717) is 5.92 Å². The molecular formula is C22H20. The van der Waals surface area contributed by atoms with E-state index in [1.54, 1.807) is 0 Å². The van der Waals surface area contributed by atoms with Crippen LogP contribution in [0.1, 0.15) is 31.7 Å². The molecule has 1 unspecified atom stereocenters. The Kier molecular flexibility index (Phi) is 3.11. The van der Waals surface area contributed by atoms with Crippen LogP contribution in [0, 0.1) is 0 Å². The lowest BCUT2D eigenvalue weighted by Gasteiger charge is -2.19. The van der Waals surface area contributed by atoms with Crippen molar-refractivity contribution in [3.8, 4) is 0 Å². The van der Waals surface area contributed by atoms with Gasteiger partial charge in [0.15, 0.2) is 0 Å². The molecule has 0 nitrogen and oxygen atoms in total. The molecule has 0 heterocycles. The van der Waals surface area contributed by atoms with Gasteiger partial charge >= 0.3 is 0 Å². The van der Waals surface area contributed by atoms with E-state index in [1.165, 1.54) is 38.3 Å². The smallest absolute Gasteiger partial charge is 0.00384 e. The first-order valence-electron chi connectivity index (χ1n) is 8.00. The van der Waals surface area contributed by atoms with E-state index in [9.17, 15) is 0 Å². The summed E-state index contributed by atoms with van der Waals surface area (Å²) in [6, 6.07) is 19.9. The number of hydrogen-bond acceptors (Lipinski definition) is 0. The van der Waals surface area contributed by atoms with Crippen molar-refractivity contribution in [2.75, 3.05) is 0 Å². The molecule has 0 aromatic heterocycles. The third-order valence-electron chi connectivity index (χ3n) is 4.87. The lowest BCUT2D eigenvalue weighted by Crippen LogP contribution is -2.00. The second-order valence-corrected chi connectivity index (χ2v) is 6.39. The largest absolute Gasteiger partial charge is 0.0692 e. The maximum absolute atomic E-state index is 2.35. The molecule has 0 amide bonds. The molecule has 0 saturated carbocycles. The average molecular weight is 284 g/mol. The van der Waals surface area contributed by atoms with Crippen molar-refractivity contribution >= 4 is 21.5 Å². The van der Waals surface area contributed by atoms with Crippen LogP contribution in [0.3, 0.4) is 0 Å². The number of allylic oxidation sites excluding steroid dienone is 4. The Labute approximate surface area is 131 Å². The van der Waals surface area contributed by atoms with Gasteiger partial charge in [-0.05, 0) is 46.5 Å². The second kappa shape index (κ2) is 5.14. The molecular weight excluding hydrogens is 264 g/mol. The Morgan fingerprint density at radius 2 is 1.41 bits per heavy atom. The maximum atomic E-state index is 2.35. The molecule has 0 bridgehead atoms. The number of benzene rings is 3. The Balaban J connectivity index is 2.00. The van der Waals surface area contributed by atoms with E-state index in [0.717, 1.165) is 6.42 Å². The van der Waals surface area contributed by atoms with Crippen LogP contribution in [-0.4, -0.2) is 0 Å². The topological polar surface area (TPSA) is 0 Å². The SMILES string of the molecule is CC1=CC=C(C(C)c2c3ccccc3cc3ccccc23)C1. The fourth-order valence-electron chi connectivity index (χ4n) is 3.69. The molecule has 0 fully saturated rings. The minimum absolute atomic E-state index is 0.449. The van der Waals surface area contributed by atoms with E-state index < -0.39 is 0 Å². The molecule has 3 aromatic rings. The molecule has 0 radical (unpaired) electrons. The summed E-state index contributed by atoms with van der Waals surface area (Å²) in [5.74, 6) is 0.449. The van der Waals surface area contributed by atoms with Gasteiger partial charge in [0.05, 0.1) is 0 Å². The fraction of sp³-hybridized carbons (Fsp3) is 0.182. The molecule has 0 N–H and O–H groups in total. The van der Waals surface area contributed by atoms with Gasteiger partial charge in [0.2, 0.25) is 0 Å². The van der Waals surface area contributed by atoms with E-state index in [4.69, 9.17) is 0 Å². The molecule has 1 atom stereocenters. The first-order valence-corrected chi connectivity index (χ1v) is 8.00. The summed E-state index contributed by atoms with van der Waals surface area (Å²) in [7, 11) is 0. The van der Waals surface area contributed by atoms with Gasteiger partial charge in [0, 0.05) is 5.92 Å². The zero-order valence-corrected chi connectivity index (χ0v) is 13.1. The number of fused-ring (bicyclic) bond motifs is 2. The molecule has 1 aliphatic rings. The monoisotopic (exact) mass is 284 g/mol. The highest BCUT2D eigenvalue weighted by atomic mass is 14.2. The van der Waals surface area contributed by atoms with Crippen molar-refractivity contribution in [1.82, 2.24) is 0 Å². The fourth-order valence-corrected chi connectivity index (χ4v) is 3.69. The Morgan fingerprint density at radius 3 is 1.95 bits per heavy atom. The van der Waals surface area contributed by atoms with Crippen LogP contribution in [-0.2, 0) is 0 Å². The van der Waals surface area contributed by atoms with Crippen LogP contribution in [0.2, 0.25) is 0 Å². The highest BCUT2D eigenvalue weighted by Gasteiger charge is 2.19. The molecule has 4 rings (SSSR count). The van der Waals surface area contributed by atoms with Crippen molar-refractivity contribution < 1.29 is 0 Å². The van der Waals surface area contributed by atoms with E-state index in [1.807, 2.05) is 0 Å². The molecule has 0 aliphatic heterocycles. The highest BCUT2D eigenvalue weighted by molar-refractivity contribution is 6.03. The average Bonchev–Trinajstić information content (AvgIpc) is 2.98. The second-order valence-electron chi connectivity index (χ2n) is 6.39. The van der Waals surface area contributed by atoms with Crippen LogP contribution in [0.25, 0.3) is 21.5 Å². The summed E-state index contributed by atoms with van der Waals surface area (Å²) in [5.41, 5.74) is 4.47. The lowest BCUT2D eigenvalue weighted by molar-refractivity contribution is 0.874. The number of hydrogen-bond donors (Lipinski definition) is 0. The van der Waals surface area contributed by atoms with Crippen LogP contribution in [0.15, 0.2) is 77.9 Å². The summed E-state index contributed by atoms with van der Waals surface area (Å²) in [6.07, 6.45) is 5.69. The van der Waals surface area contributed by atoms with Crippen molar-refractivity contribution in [2.24, 2.45) is 0 Å². The first kappa shape index (κ1) is 13.3. The van der Waals surface area contributed by atoms with Crippen LogP contribution >= 0.6 is 0 Å². The minimum Gasteiger partial charge on any atom is -0.0692 e. The Hall–Kier alpha value is -2.34. The molecule has 0 spiro atoms. The maximum Gasteiger partial charge on any atom is 0.00384 e. The predicted molar refractivity (Wildman–Crippen MR) is 96.3 cm³/mol. The highest BCUT2D eigenvalue weighted by Crippen LogP contribution is 2.39. The van der Waals surface area contributed by atoms with E-state index in [-0.39, 0.29) is 0 Å². The van der Waals surface area contributed by atoms with Gasteiger partial charge < -0.3 is 0 Å². The third kappa shape index (κ3) is 2.07. The Morgan fingerprint density at radius 1 is 0.818 bits per heavy atom. The van der Waals surface area contributed by atoms with Crippen molar-refractivity contribution in [2.45, 2.75) is 26.2 Å². The van der Waals surface area contributed by atoms with Crippen molar-refractivity contribution in [1.29, 1.82) is 0 Å². The molecule has 3 aromatic carbocycles. The van der Waals surface area contributed by atoms with Gasteiger partial charge in [-0.3, -0.25) is 0 Å². The normalized spacial score (nSPS) is 15.9. The van der Waals surface area contributed by atoms with Gasteiger partial charge in [-0.25, -0.2) is 0 Å². The van der Waals surface area contributed by atoms with Crippen molar-refractivity contribution in [3.63, 3.8) is 0 Å². The van der Waals surface area contributed by atoms with Gasteiger partial charge in [-0.1, -0.05) is 78.8 Å². The summed E-state index contributed by atoms with van der Waals surface area (Å²) in [6.45, 7) is 4.57. The van der Waals surface area contributed by atoms with Gasteiger partial charge in [-0.15, -0.1) is 0 Å². The predicted octanol–water partition coefficient (Wildman–Crippen LogP) is 6.37. The number of rotatable bonds is 2. The van der Waals surface area contributed by atoms with Gasteiger partial charge in [-0.2, -0.15) is 0 Å². The van der Waals surface area contributed by atoms with E-state index in [2.05, 4.69) is 80.6 Å². The van der Waals surface area contributed by atoms with Crippen LogP contribution in [0.4, 0.5) is 0 Å². The minimum atomic E-state index is 0.449. The third-order valence-corrected chi connectivity index (χ3v) is 4.87. The standard InChI is InChI=1S/C22H20/c1-15-11-12-17(13-15)16(2)22-20-9-5-3-7-18(20)14-19-8-4-6-10-21(19)22/h3-12,14,16H,13H2,1-2H3. The van der Waals surface area contributed by atoms with Crippen molar-refractivity contribution in [3.05, 3.63) is 83.5 Å². The lowest BCUT2D eigenvalue weighted by atomic mass is 9.84. The quantitative estimate of drug-likeness (QED) is 0.479. The molecule has 108 valence electrons. The Bertz CT molecular complexity index is 871. The first-order chi connectivity index (χ1) is 10.7. The van der Waals surface area contributed by atoms with Crippen LogP contribution in [0.5, 0.6) is 0 Å². The zero-order chi connectivity index (χ0) is 15.1. The summed E-state index contributed by atoms with van der Waals surface area (Å²) in [5, 5.41) is 5.45. The summed E-state index contributed by atoms with van der Waals surface area (Å²) < 4.78 is 0. The molecule has 1 aliphatic carbocycles. The van der Waals surface area contributed by atoms with Gasteiger partial charge in [0.1, 0.15) is 0 Å². The molecule has 0 heteroatoms. The zero-order valence-electron chi connectivity index (χ0n) is 13.1. The molecule has 22 heavy (non-hydrogen) atoms.